The van der Waals surface area contributed by atoms with Crippen LogP contribution in [0.15, 0.2) is 54.6 Å². The highest BCUT2D eigenvalue weighted by Crippen LogP contribution is 2.09. The van der Waals surface area contributed by atoms with Gasteiger partial charge < -0.3 is 5.32 Å². The Kier molecular flexibility index (Phi) is 9.01. The van der Waals surface area contributed by atoms with Gasteiger partial charge in [0.05, 0.1) is 6.42 Å². The maximum atomic E-state index is 11.8. The zero-order valence-corrected chi connectivity index (χ0v) is 16.3. The summed E-state index contributed by atoms with van der Waals surface area (Å²) in [4.78, 5) is 35.3. The van der Waals surface area contributed by atoms with Crippen LogP contribution in [0.25, 0.3) is 0 Å². The zero-order valence-electron chi connectivity index (χ0n) is 15.5. The van der Waals surface area contributed by atoms with Crippen molar-refractivity contribution in [3.63, 3.8) is 0 Å². The fraction of sp³-hybridized carbons (Fsp3) is 0.286. The van der Waals surface area contributed by atoms with E-state index in [4.69, 9.17) is 11.6 Å². The summed E-state index contributed by atoms with van der Waals surface area (Å²) in [7, 11) is 0. The summed E-state index contributed by atoms with van der Waals surface area (Å²) in [6.45, 7) is 0.530. The molecular formula is C21H24ClN3O3. The van der Waals surface area contributed by atoms with E-state index in [-0.39, 0.29) is 37.0 Å². The van der Waals surface area contributed by atoms with Gasteiger partial charge in [0, 0.05) is 24.4 Å². The van der Waals surface area contributed by atoms with Gasteiger partial charge in [-0.15, -0.1) is 0 Å². The van der Waals surface area contributed by atoms with E-state index in [1.54, 1.807) is 0 Å². The van der Waals surface area contributed by atoms with E-state index in [0.29, 0.717) is 18.0 Å². The van der Waals surface area contributed by atoms with E-state index in [0.717, 1.165) is 17.5 Å². The summed E-state index contributed by atoms with van der Waals surface area (Å²) in [6, 6.07) is 16.7. The summed E-state index contributed by atoms with van der Waals surface area (Å²) in [5, 5.41) is 3.51. The number of carbonyl (C=O) groups excluding carboxylic acids is 3. The van der Waals surface area contributed by atoms with Crippen LogP contribution in [0.3, 0.4) is 0 Å². The smallest absolute Gasteiger partial charge is 0.242 e. The standard InChI is InChI=1S/C21H24ClN3O3/c22-18-11-9-16(10-12-18)13-14-23-19(26)7-4-8-20(27)24-25-21(28)15-17-5-2-1-3-6-17/h1-3,5-6,9-12H,4,7-8,13-15H2,(H,23,26)(H,24,27)(H,25,28). The summed E-state index contributed by atoms with van der Waals surface area (Å²) in [5.74, 6) is -0.718. The quantitative estimate of drug-likeness (QED) is 0.564. The van der Waals surface area contributed by atoms with Crippen LogP contribution in [0.2, 0.25) is 5.02 Å². The molecule has 0 saturated heterocycles. The van der Waals surface area contributed by atoms with Crippen molar-refractivity contribution < 1.29 is 14.4 Å². The minimum Gasteiger partial charge on any atom is -0.356 e. The molecule has 0 spiro atoms. The highest BCUT2D eigenvalue weighted by Gasteiger charge is 2.07. The number of nitrogens with one attached hydrogen (secondary N) is 3. The largest absolute Gasteiger partial charge is 0.356 e. The van der Waals surface area contributed by atoms with Gasteiger partial charge in [-0.05, 0) is 36.1 Å². The monoisotopic (exact) mass is 401 g/mol. The Morgan fingerprint density at radius 1 is 0.750 bits per heavy atom. The Morgan fingerprint density at radius 3 is 2.11 bits per heavy atom. The second kappa shape index (κ2) is 11.8. The molecule has 6 nitrogen and oxygen atoms in total. The first kappa shape index (κ1) is 21.4. The van der Waals surface area contributed by atoms with Gasteiger partial charge in [0.2, 0.25) is 17.7 Å². The number of amides is 3. The number of hydrogen-bond donors (Lipinski definition) is 3. The third kappa shape index (κ3) is 8.68. The fourth-order valence-electron chi connectivity index (χ4n) is 2.52. The van der Waals surface area contributed by atoms with Crippen molar-refractivity contribution in [2.75, 3.05) is 6.54 Å². The predicted molar refractivity (Wildman–Crippen MR) is 108 cm³/mol. The van der Waals surface area contributed by atoms with Gasteiger partial charge >= 0.3 is 0 Å². The lowest BCUT2D eigenvalue weighted by Gasteiger charge is -2.08. The topological polar surface area (TPSA) is 87.3 Å². The molecule has 28 heavy (non-hydrogen) atoms. The van der Waals surface area contributed by atoms with E-state index in [2.05, 4.69) is 16.2 Å². The molecule has 0 saturated carbocycles. The number of carbonyl (C=O) groups is 3. The predicted octanol–water partition coefficient (Wildman–Crippen LogP) is 2.56. The first-order valence-electron chi connectivity index (χ1n) is 9.15. The van der Waals surface area contributed by atoms with Crippen molar-refractivity contribution in [2.24, 2.45) is 0 Å². The summed E-state index contributed by atoms with van der Waals surface area (Å²) < 4.78 is 0. The lowest BCUT2D eigenvalue weighted by Crippen LogP contribution is -2.42. The molecule has 0 radical (unpaired) electrons. The number of benzene rings is 2. The minimum atomic E-state index is -0.324. The highest BCUT2D eigenvalue weighted by molar-refractivity contribution is 6.30. The molecule has 2 aromatic rings. The molecule has 0 aliphatic rings. The first-order chi connectivity index (χ1) is 13.5. The van der Waals surface area contributed by atoms with Crippen LogP contribution in [-0.4, -0.2) is 24.3 Å². The molecule has 0 heterocycles. The summed E-state index contributed by atoms with van der Waals surface area (Å²) in [6.07, 6.45) is 1.74. The van der Waals surface area contributed by atoms with E-state index >= 15 is 0 Å². The van der Waals surface area contributed by atoms with Crippen molar-refractivity contribution in [3.05, 3.63) is 70.7 Å². The van der Waals surface area contributed by atoms with Gasteiger partial charge in [0.15, 0.2) is 0 Å². The molecule has 0 atom stereocenters. The molecule has 2 rings (SSSR count). The van der Waals surface area contributed by atoms with Gasteiger partial charge in [-0.3, -0.25) is 25.2 Å². The molecule has 0 aliphatic carbocycles. The van der Waals surface area contributed by atoms with Crippen LogP contribution in [0.5, 0.6) is 0 Å². The van der Waals surface area contributed by atoms with Gasteiger partial charge in [-0.2, -0.15) is 0 Å². The molecule has 0 fully saturated rings. The third-order valence-electron chi connectivity index (χ3n) is 4.01. The average Bonchev–Trinajstić information content (AvgIpc) is 2.69. The van der Waals surface area contributed by atoms with Crippen molar-refractivity contribution in [1.29, 1.82) is 0 Å². The second-order valence-corrected chi connectivity index (χ2v) is 6.78. The van der Waals surface area contributed by atoms with Crippen LogP contribution in [0, 0.1) is 0 Å². The molecule has 0 bridgehead atoms. The van der Waals surface area contributed by atoms with E-state index in [9.17, 15) is 14.4 Å². The van der Waals surface area contributed by atoms with Gasteiger partial charge in [-0.25, -0.2) is 0 Å². The Balaban J connectivity index is 1.53. The molecule has 3 amide bonds. The van der Waals surface area contributed by atoms with Crippen molar-refractivity contribution >= 4 is 29.3 Å². The number of halogens is 1. The van der Waals surface area contributed by atoms with E-state index < -0.39 is 0 Å². The van der Waals surface area contributed by atoms with Crippen molar-refractivity contribution in [2.45, 2.75) is 32.1 Å². The molecule has 3 N–H and O–H groups in total. The fourth-order valence-corrected chi connectivity index (χ4v) is 2.65. The molecule has 7 heteroatoms. The first-order valence-corrected chi connectivity index (χ1v) is 9.53. The Morgan fingerprint density at radius 2 is 1.39 bits per heavy atom. The molecule has 0 aliphatic heterocycles. The zero-order chi connectivity index (χ0) is 20.2. The second-order valence-electron chi connectivity index (χ2n) is 6.34. The lowest BCUT2D eigenvalue weighted by molar-refractivity contribution is -0.128. The summed E-state index contributed by atoms with van der Waals surface area (Å²) >= 11 is 5.83. The van der Waals surface area contributed by atoms with Gasteiger partial charge in [0.1, 0.15) is 0 Å². The van der Waals surface area contributed by atoms with Crippen LogP contribution in [-0.2, 0) is 27.2 Å². The maximum absolute atomic E-state index is 11.8. The SMILES string of the molecule is O=C(CCCC(=O)NNC(=O)Cc1ccccc1)NCCc1ccc(Cl)cc1. The molecule has 2 aromatic carbocycles. The molecule has 0 aromatic heterocycles. The Bertz CT molecular complexity index is 779. The van der Waals surface area contributed by atoms with Crippen molar-refractivity contribution in [3.8, 4) is 0 Å². The molecule has 148 valence electrons. The van der Waals surface area contributed by atoms with Gasteiger partial charge in [-0.1, -0.05) is 54.1 Å². The van der Waals surface area contributed by atoms with Gasteiger partial charge in [0.25, 0.3) is 0 Å². The molecular weight excluding hydrogens is 378 g/mol. The van der Waals surface area contributed by atoms with Crippen molar-refractivity contribution in [1.82, 2.24) is 16.2 Å². The Hall–Kier alpha value is -2.86. The number of hydrazine groups is 1. The maximum Gasteiger partial charge on any atom is 0.242 e. The number of rotatable bonds is 9. The van der Waals surface area contributed by atoms with Crippen LogP contribution < -0.4 is 16.2 Å². The third-order valence-corrected chi connectivity index (χ3v) is 4.26. The normalized spacial score (nSPS) is 10.2. The Labute approximate surface area is 169 Å². The van der Waals surface area contributed by atoms with Crippen LogP contribution >= 0.6 is 11.6 Å². The molecule has 0 unspecified atom stereocenters. The lowest BCUT2D eigenvalue weighted by atomic mass is 10.1. The van der Waals surface area contributed by atoms with E-state index in [1.807, 2.05) is 54.6 Å². The summed E-state index contributed by atoms with van der Waals surface area (Å²) in [5.41, 5.74) is 6.70. The number of hydrogen-bond acceptors (Lipinski definition) is 3. The van der Waals surface area contributed by atoms with Crippen LogP contribution in [0.4, 0.5) is 0 Å². The highest BCUT2D eigenvalue weighted by atomic mass is 35.5. The minimum absolute atomic E-state index is 0.102. The van der Waals surface area contributed by atoms with Crippen LogP contribution in [0.1, 0.15) is 30.4 Å². The van der Waals surface area contributed by atoms with E-state index in [1.165, 1.54) is 0 Å². The average molecular weight is 402 g/mol.